The van der Waals surface area contributed by atoms with Gasteiger partial charge in [-0.3, -0.25) is 8.87 Å². The summed E-state index contributed by atoms with van der Waals surface area (Å²) in [5.41, 5.74) is 4.98. The highest BCUT2D eigenvalue weighted by molar-refractivity contribution is 7.92. The molecule has 9 heteroatoms. The second-order valence-electron chi connectivity index (χ2n) is 11.4. The molecule has 0 spiro atoms. The Balaban J connectivity index is 1.71. The number of nitrogens with zero attached hydrogens (tertiary/aromatic N) is 3. The number of fused-ring (bicyclic) bond motifs is 1. The van der Waals surface area contributed by atoms with Gasteiger partial charge in [0.15, 0.2) is 0 Å². The summed E-state index contributed by atoms with van der Waals surface area (Å²) in [5.74, 6) is 0.373. The summed E-state index contributed by atoms with van der Waals surface area (Å²) in [6.07, 6.45) is 5.10. The molecule has 1 aromatic heterocycles. The predicted octanol–water partition coefficient (Wildman–Crippen LogP) is 8.44. The fraction of sp³-hybridized carbons (Fsp3) is 0.297. The van der Waals surface area contributed by atoms with Crippen LogP contribution in [0.15, 0.2) is 89.8 Å². The van der Waals surface area contributed by atoms with Gasteiger partial charge in [-0.25, -0.2) is 18.2 Å². The molecule has 0 aliphatic carbocycles. The van der Waals surface area contributed by atoms with E-state index in [2.05, 4.69) is 13.8 Å². The number of aromatic nitrogens is 2. The molecular weight excluding hydrogens is 598 g/mol. The molecule has 0 bridgehead atoms. The summed E-state index contributed by atoms with van der Waals surface area (Å²) in [4.78, 5) is 17.9. The van der Waals surface area contributed by atoms with Crippen molar-refractivity contribution in [3.63, 3.8) is 0 Å². The van der Waals surface area contributed by atoms with Gasteiger partial charge in [0.05, 0.1) is 40.0 Å². The van der Waals surface area contributed by atoms with Gasteiger partial charge in [0.1, 0.15) is 11.6 Å². The molecule has 0 saturated carbocycles. The van der Waals surface area contributed by atoms with Gasteiger partial charge in [-0.05, 0) is 85.0 Å². The summed E-state index contributed by atoms with van der Waals surface area (Å²) in [6, 6.07) is 25.3. The first-order valence-corrected chi connectivity index (χ1v) is 17.3. The number of carboxylic acid groups (broad SMARTS) is 1. The smallest absolute Gasteiger partial charge is 0.336 e. The molecule has 0 amide bonds. The molecule has 5 rings (SSSR count). The van der Waals surface area contributed by atoms with E-state index in [-0.39, 0.29) is 10.5 Å². The summed E-state index contributed by atoms with van der Waals surface area (Å²) in [6.45, 7) is 6.35. The first-order chi connectivity index (χ1) is 22.2. The largest absolute Gasteiger partial charge is 0.497 e. The first-order valence-electron chi connectivity index (χ1n) is 15.8. The molecule has 0 unspecified atom stereocenters. The van der Waals surface area contributed by atoms with Crippen molar-refractivity contribution < 1.29 is 23.1 Å². The third-order valence-corrected chi connectivity index (χ3v) is 10.2. The zero-order valence-electron chi connectivity index (χ0n) is 26.9. The van der Waals surface area contributed by atoms with Crippen LogP contribution >= 0.6 is 0 Å². The molecule has 46 heavy (non-hydrogen) atoms. The van der Waals surface area contributed by atoms with Crippen LogP contribution in [0.4, 0.5) is 5.69 Å². The van der Waals surface area contributed by atoms with Gasteiger partial charge in [-0.1, -0.05) is 69.5 Å². The predicted molar refractivity (Wildman–Crippen MR) is 184 cm³/mol. The number of aryl methyl sites for hydroxylation is 1. The Morgan fingerprint density at radius 2 is 1.63 bits per heavy atom. The molecule has 0 radical (unpaired) electrons. The van der Waals surface area contributed by atoms with Gasteiger partial charge in [0, 0.05) is 13.0 Å². The lowest BCUT2D eigenvalue weighted by atomic mass is 9.94. The standard InChI is InChI=1S/C37H41N3O5S/c1-5-7-12-24-39(46(43,44)30-19-17-29(45-4)18-20-30)28-16-22-32-34(25-28)40(35(38-32)15-8-6-2)33-23-21-31(27-13-10-9-11-14-27)36(26(33)3)37(41)42/h9-11,13-14,16-23,25H,5-8,12,15,24H2,1-4H3,(H,41,42). The highest BCUT2D eigenvalue weighted by Gasteiger charge is 2.27. The number of unbranched alkanes of at least 4 members (excludes halogenated alkanes) is 3. The highest BCUT2D eigenvalue weighted by Crippen LogP contribution is 2.35. The average Bonchev–Trinajstić information content (AvgIpc) is 3.42. The maximum Gasteiger partial charge on any atom is 0.336 e. The molecular formula is C37H41N3O5S. The van der Waals surface area contributed by atoms with Crippen LogP contribution in [0.2, 0.25) is 0 Å². The molecule has 5 aromatic rings. The molecule has 1 heterocycles. The fourth-order valence-electron chi connectivity index (χ4n) is 5.89. The topological polar surface area (TPSA) is 102 Å². The van der Waals surface area contributed by atoms with E-state index in [1.165, 1.54) is 4.31 Å². The van der Waals surface area contributed by atoms with Crippen molar-refractivity contribution >= 4 is 32.7 Å². The Kier molecular flexibility index (Phi) is 10.1. The van der Waals surface area contributed by atoms with Crippen molar-refractivity contribution in [2.24, 2.45) is 0 Å². The van der Waals surface area contributed by atoms with Crippen LogP contribution < -0.4 is 9.04 Å². The van der Waals surface area contributed by atoms with Crippen LogP contribution in [0, 0.1) is 6.92 Å². The number of carbonyl (C=O) groups is 1. The number of imidazole rings is 1. The number of hydrogen-bond acceptors (Lipinski definition) is 5. The van der Waals surface area contributed by atoms with Gasteiger partial charge >= 0.3 is 5.97 Å². The lowest BCUT2D eigenvalue weighted by Crippen LogP contribution is -2.32. The molecule has 0 fully saturated rings. The quantitative estimate of drug-likeness (QED) is 0.122. The zero-order chi connectivity index (χ0) is 32.8. The summed E-state index contributed by atoms with van der Waals surface area (Å²) >= 11 is 0. The van der Waals surface area contributed by atoms with Crippen LogP contribution in [0.25, 0.3) is 27.8 Å². The Labute approximate surface area is 271 Å². The third kappa shape index (κ3) is 6.51. The minimum atomic E-state index is -3.91. The Morgan fingerprint density at radius 1 is 0.913 bits per heavy atom. The number of benzene rings is 4. The maximum atomic E-state index is 14.1. The van der Waals surface area contributed by atoms with E-state index in [0.29, 0.717) is 53.2 Å². The zero-order valence-corrected chi connectivity index (χ0v) is 27.7. The Hall–Kier alpha value is -4.63. The number of aromatic carboxylic acids is 1. The minimum Gasteiger partial charge on any atom is -0.497 e. The van der Waals surface area contributed by atoms with Gasteiger partial charge in [-0.15, -0.1) is 0 Å². The first kappa shape index (κ1) is 32.8. The molecule has 0 aliphatic heterocycles. The maximum absolute atomic E-state index is 14.1. The van der Waals surface area contributed by atoms with E-state index >= 15 is 0 Å². The lowest BCUT2D eigenvalue weighted by Gasteiger charge is -2.25. The Bertz CT molecular complexity index is 1930. The second-order valence-corrected chi connectivity index (χ2v) is 13.3. The molecule has 240 valence electrons. The monoisotopic (exact) mass is 639 g/mol. The normalized spacial score (nSPS) is 11.6. The van der Waals surface area contributed by atoms with E-state index in [4.69, 9.17) is 9.72 Å². The van der Waals surface area contributed by atoms with Gasteiger partial charge in [0.2, 0.25) is 0 Å². The third-order valence-electron chi connectivity index (χ3n) is 8.34. The van der Waals surface area contributed by atoms with E-state index in [1.54, 1.807) is 31.4 Å². The van der Waals surface area contributed by atoms with Crippen LogP contribution in [0.5, 0.6) is 5.75 Å². The van der Waals surface area contributed by atoms with E-state index in [1.807, 2.05) is 72.2 Å². The molecule has 0 saturated heterocycles. The number of ether oxygens (including phenoxy) is 1. The second kappa shape index (κ2) is 14.2. The van der Waals surface area contributed by atoms with Gasteiger partial charge in [0.25, 0.3) is 10.0 Å². The molecule has 1 N–H and O–H groups in total. The van der Waals surface area contributed by atoms with Crippen LogP contribution in [-0.2, 0) is 16.4 Å². The molecule has 4 aromatic carbocycles. The van der Waals surface area contributed by atoms with Crippen LogP contribution in [-0.4, -0.2) is 42.7 Å². The van der Waals surface area contributed by atoms with Crippen molar-refractivity contribution in [1.29, 1.82) is 0 Å². The summed E-state index contributed by atoms with van der Waals surface area (Å²) in [5, 5.41) is 10.4. The Morgan fingerprint density at radius 3 is 2.28 bits per heavy atom. The number of methoxy groups -OCH3 is 1. The molecule has 8 nitrogen and oxygen atoms in total. The van der Waals surface area contributed by atoms with Crippen molar-refractivity contribution in [2.75, 3.05) is 18.0 Å². The van der Waals surface area contributed by atoms with Crippen LogP contribution in [0.3, 0.4) is 0 Å². The number of rotatable bonds is 14. The number of anilines is 1. The highest BCUT2D eigenvalue weighted by atomic mass is 32.2. The van der Waals surface area contributed by atoms with Crippen molar-refractivity contribution in [1.82, 2.24) is 9.55 Å². The van der Waals surface area contributed by atoms with Gasteiger partial charge < -0.3 is 9.84 Å². The fourth-order valence-corrected chi connectivity index (χ4v) is 7.38. The lowest BCUT2D eigenvalue weighted by molar-refractivity contribution is 0.0697. The van der Waals surface area contributed by atoms with Gasteiger partial charge in [-0.2, -0.15) is 0 Å². The summed E-state index contributed by atoms with van der Waals surface area (Å²) < 4.78 is 36.9. The number of sulfonamides is 1. The van der Waals surface area contributed by atoms with Crippen molar-refractivity contribution in [3.05, 3.63) is 102 Å². The van der Waals surface area contributed by atoms with Crippen LogP contribution in [0.1, 0.15) is 67.7 Å². The number of hydrogen-bond donors (Lipinski definition) is 1. The van der Waals surface area contributed by atoms with E-state index < -0.39 is 16.0 Å². The molecule has 0 atom stereocenters. The van der Waals surface area contributed by atoms with E-state index in [9.17, 15) is 18.3 Å². The minimum absolute atomic E-state index is 0.181. The van der Waals surface area contributed by atoms with E-state index in [0.717, 1.165) is 42.6 Å². The van der Waals surface area contributed by atoms with Crippen molar-refractivity contribution in [2.45, 2.75) is 64.2 Å². The SMILES string of the molecule is CCCCCN(c1ccc2nc(CCCC)n(-c3ccc(-c4ccccc4)c(C(=O)O)c3C)c2c1)S(=O)(=O)c1ccc(OC)cc1. The average molecular weight is 640 g/mol. The summed E-state index contributed by atoms with van der Waals surface area (Å²) in [7, 11) is -2.36. The van der Waals surface area contributed by atoms with Crippen molar-refractivity contribution in [3.8, 4) is 22.6 Å². The molecule has 0 aliphatic rings. The number of carboxylic acids is 1.